The number of nitriles is 1. The number of nitrogens with zero attached hydrogens (tertiary/aromatic N) is 4. The second-order valence-electron chi connectivity index (χ2n) is 5.06. The van der Waals surface area contributed by atoms with Crippen LogP contribution in [0.5, 0.6) is 0 Å². The Morgan fingerprint density at radius 2 is 2.11 bits per heavy atom. The van der Waals surface area contributed by atoms with Crippen LogP contribution in [0.1, 0.15) is 24.1 Å². The smallest absolute Gasteiger partial charge is 0.222 e. The first-order valence-electron chi connectivity index (χ1n) is 6.26. The van der Waals surface area contributed by atoms with E-state index in [4.69, 9.17) is 11.5 Å². The number of hydrogen-bond acceptors (Lipinski definition) is 6. The van der Waals surface area contributed by atoms with Crippen LogP contribution in [0.3, 0.4) is 0 Å². The van der Waals surface area contributed by atoms with E-state index in [1.807, 2.05) is 4.90 Å². The fraction of sp³-hybridized carbons (Fsp3) is 0.583. The normalized spacial score (nSPS) is 26.1. The number of piperidine rings is 1. The third-order valence-electron chi connectivity index (χ3n) is 4.06. The molecule has 3 rings (SSSR count). The number of anilines is 2. The first-order valence-corrected chi connectivity index (χ1v) is 6.26. The van der Waals surface area contributed by atoms with Gasteiger partial charge in [0.15, 0.2) is 6.19 Å². The van der Waals surface area contributed by atoms with Crippen LogP contribution in [0.4, 0.5) is 11.8 Å². The van der Waals surface area contributed by atoms with E-state index >= 15 is 0 Å². The van der Waals surface area contributed by atoms with Gasteiger partial charge in [0, 0.05) is 18.2 Å². The molecular weight excluding hydrogens is 228 g/mol. The van der Waals surface area contributed by atoms with Gasteiger partial charge in [0.25, 0.3) is 0 Å². The molecule has 1 aliphatic heterocycles. The summed E-state index contributed by atoms with van der Waals surface area (Å²) >= 11 is 0. The van der Waals surface area contributed by atoms with Crippen LogP contribution in [0.15, 0.2) is 0 Å². The Balaban J connectivity index is 1.99. The van der Waals surface area contributed by atoms with E-state index in [9.17, 15) is 5.26 Å². The summed E-state index contributed by atoms with van der Waals surface area (Å²) in [5.41, 5.74) is 13.5. The molecule has 1 fully saturated rings. The summed E-state index contributed by atoms with van der Waals surface area (Å²) < 4.78 is 0. The summed E-state index contributed by atoms with van der Waals surface area (Å²) in [6.45, 7) is 0.850. The van der Waals surface area contributed by atoms with Crippen molar-refractivity contribution in [3.8, 4) is 6.19 Å². The van der Waals surface area contributed by atoms with E-state index in [0.29, 0.717) is 11.7 Å². The van der Waals surface area contributed by atoms with Crippen molar-refractivity contribution in [3.05, 3.63) is 11.3 Å². The molecule has 2 unspecified atom stereocenters. The van der Waals surface area contributed by atoms with E-state index in [1.54, 1.807) is 0 Å². The molecule has 0 amide bonds. The standard InChI is InChI=1S/C12H16N6/c13-6-18-3-1-2-7-4-9-8(5-10(7)18)11(14)17-12(15)16-9/h7,10H,1-5H2,(H4,14,15,16,17). The van der Waals surface area contributed by atoms with E-state index < -0.39 is 0 Å². The van der Waals surface area contributed by atoms with Crippen molar-refractivity contribution in [1.82, 2.24) is 14.9 Å². The zero-order valence-corrected chi connectivity index (χ0v) is 10.1. The second-order valence-corrected chi connectivity index (χ2v) is 5.06. The third kappa shape index (κ3) is 1.63. The molecule has 4 N–H and O–H groups in total. The Kier molecular flexibility index (Phi) is 2.47. The molecule has 94 valence electrons. The second kappa shape index (κ2) is 4.02. The number of hydrogen-bond donors (Lipinski definition) is 2. The molecule has 0 radical (unpaired) electrons. The molecule has 0 aromatic carbocycles. The van der Waals surface area contributed by atoms with Gasteiger partial charge in [-0.05, 0) is 31.6 Å². The molecule has 6 nitrogen and oxygen atoms in total. The molecular formula is C12H16N6. The number of likely N-dealkylation sites (tertiary alicyclic amines) is 1. The highest BCUT2D eigenvalue weighted by molar-refractivity contribution is 5.48. The van der Waals surface area contributed by atoms with Crippen molar-refractivity contribution < 1.29 is 0 Å². The molecule has 1 saturated heterocycles. The van der Waals surface area contributed by atoms with Gasteiger partial charge >= 0.3 is 0 Å². The van der Waals surface area contributed by atoms with Crippen LogP contribution < -0.4 is 11.5 Å². The molecule has 2 aliphatic rings. The van der Waals surface area contributed by atoms with Crippen LogP contribution in [0.25, 0.3) is 0 Å². The lowest BCUT2D eigenvalue weighted by Crippen LogP contribution is -2.47. The first-order chi connectivity index (χ1) is 8.69. The Hall–Kier alpha value is -2.03. The summed E-state index contributed by atoms with van der Waals surface area (Å²) in [5.74, 6) is 1.21. The van der Waals surface area contributed by atoms with Crippen LogP contribution in [0.2, 0.25) is 0 Å². The van der Waals surface area contributed by atoms with Gasteiger partial charge in [-0.25, -0.2) is 4.98 Å². The minimum atomic E-state index is 0.248. The molecule has 1 aromatic rings. The number of nitrogens with two attached hydrogens (primary N) is 2. The zero-order valence-electron chi connectivity index (χ0n) is 10.1. The zero-order chi connectivity index (χ0) is 12.7. The van der Waals surface area contributed by atoms with E-state index in [0.717, 1.165) is 43.5 Å². The number of fused-ring (bicyclic) bond motifs is 2. The molecule has 0 bridgehead atoms. The average molecular weight is 244 g/mol. The van der Waals surface area contributed by atoms with Crippen LogP contribution in [-0.4, -0.2) is 27.5 Å². The lowest BCUT2D eigenvalue weighted by Gasteiger charge is -2.41. The minimum Gasteiger partial charge on any atom is -0.383 e. The highest BCUT2D eigenvalue weighted by atomic mass is 15.2. The van der Waals surface area contributed by atoms with Gasteiger partial charge in [0.2, 0.25) is 5.95 Å². The van der Waals surface area contributed by atoms with Gasteiger partial charge in [-0.3, -0.25) is 0 Å². The molecule has 18 heavy (non-hydrogen) atoms. The third-order valence-corrected chi connectivity index (χ3v) is 4.06. The lowest BCUT2D eigenvalue weighted by atomic mass is 9.77. The summed E-state index contributed by atoms with van der Waals surface area (Å²) in [4.78, 5) is 10.2. The quantitative estimate of drug-likeness (QED) is 0.636. The topological polar surface area (TPSA) is 105 Å². The van der Waals surface area contributed by atoms with E-state index in [2.05, 4.69) is 16.2 Å². The minimum absolute atomic E-state index is 0.248. The number of rotatable bonds is 0. The number of nitrogen functional groups attached to an aromatic ring is 2. The van der Waals surface area contributed by atoms with Gasteiger partial charge in [0.1, 0.15) is 5.82 Å². The maximum Gasteiger partial charge on any atom is 0.222 e. The van der Waals surface area contributed by atoms with Crippen molar-refractivity contribution in [2.75, 3.05) is 18.0 Å². The molecule has 2 atom stereocenters. The molecule has 6 heteroatoms. The molecule has 0 saturated carbocycles. The Bertz CT molecular complexity index is 520. The highest BCUT2D eigenvalue weighted by Gasteiger charge is 2.37. The lowest BCUT2D eigenvalue weighted by molar-refractivity contribution is 0.139. The maximum absolute atomic E-state index is 9.18. The summed E-state index contributed by atoms with van der Waals surface area (Å²) in [6, 6.07) is 0.255. The van der Waals surface area contributed by atoms with Gasteiger partial charge in [-0.1, -0.05) is 0 Å². The highest BCUT2D eigenvalue weighted by Crippen LogP contribution is 2.35. The maximum atomic E-state index is 9.18. The van der Waals surface area contributed by atoms with E-state index in [-0.39, 0.29) is 12.0 Å². The Morgan fingerprint density at radius 1 is 1.28 bits per heavy atom. The monoisotopic (exact) mass is 244 g/mol. The molecule has 1 aliphatic carbocycles. The largest absolute Gasteiger partial charge is 0.383 e. The van der Waals surface area contributed by atoms with Gasteiger partial charge in [0.05, 0.1) is 5.69 Å². The van der Waals surface area contributed by atoms with Crippen LogP contribution >= 0.6 is 0 Å². The average Bonchev–Trinajstić information content (AvgIpc) is 2.36. The van der Waals surface area contributed by atoms with Crippen LogP contribution in [0, 0.1) is 17.4 Å². The number of aromatic nitrogens is 2. The molecule has 0 spiro atoms. The predicted octanol–water partition coefficient (Wildman–Crippen LogP) is 0.301. The van der Waals surface area contributed by atoms with Crippen molar-refractivity contribution in [3.63, 3.8) is 0 Å². The van der Waals surface area contributed by atoms with Gasteiger partial charge < -0.3 is 16.4 Å². The summed E-state index contributed by atoms with van der Waals surface area (Å²) in [6.07, 6.45) is 6.13. The van der Waals surface area contributed by atoms with Crippen molar-refractivity contribution in [2.24, 2.45) is 5.92 Å². The SMILES string of the molecule is N#CN1CCCC2Cc3nc(N)nc(N)c3CC21. The fourth-order valence-corrected chi connectivity index (χ4v) is 3.19. The van der Waals surface area contributed by atoms with Crippen molar-refractivity contribution >= 4 is 11.8 Å². The molecule has 2 heterocycles. The van der Waals surface area contributed by atoms with Gasteiger partial charge in [-0.15, -0.1) is 0 Å². The Morgan fingerprint density at radius 3 is 2.89 bits per heavy atom. The van der Waals surface area contributed by atoms with Crippen molar-refractivity contribution in [2.45, 2.75) is 31.7 Å². The fourth-order valence-electron chi connectivity index (χ4n) is 3.19. The van der Waals surface area contributed by atoms with E-state index in [1.165, 1.54) is 0 Å². The predicted molar refractivity (Wildman–Crippen MR) is 67.1 cm³/mol. The summed E-state index contributed by atoms with van der Waals surface area (Å²) in [7, 11) is 0. The summed E-state index contributed by atoms with van der Waals surface area (Å²) in [5, 5.41) is 9.18. The molecule has 1 aromatic heterocycles. The van der Waals surface area contributed by atoms with Gasteiger partial charge in [-0.2, -0.15) is 10.2 Å². The van der Waals surface area contributed by atoms with Crippen molar-refractivity contribution in [1.29, 1.82) is 5.26 Å². The first kappa shape index (κ1) is 11.1. The Labute approximate surface area is 106 Å². The van der Waals surface area contributed by atoms with Crippen LogP contribution in [-0.2, 0) is 12.8 Å².